The standard InChI is InChI=1S/C13H19N3O4/c1-8(2)11-9(6-14-7-15-11)12(17)16-10(13(18)19)4-5-20-3/h6-8,10H,4-5H2,1-3H3,(H,16,17)(H,18,19). The molecule has 0 aliphatic rings. The molecule has 110 valence electrons. The topological polar surface area (TPSA) is 101 Å². The van der Waals surface area contributed by atoms with Crippen LogP contribution in [-0.2, 0) is 9.53 Å². The Morgan fingerprint density at radius 2 is 2.15 bits per heavy atom. The molecule has 0 bridgehead atoms. The van der Waals surface area contributed by atoms with Crippen molar-refractivity contribution < 1.29 is 19.4 Å². The van der Waals surface area contributed by atoms with Gasteiger partial charge in [0.1, 0.15) is 12.4 Å². The first kappa shape index (κ1) is 16.0. The van der Waals surface area contributed by atoms with Crippen molar-refractivity contribution in [2.24, 2.45) is 0 Å². The van der Waals surface area contributed by atoms with Gasteiger partial charge in [-0.2, -0.15) is 0 Å². The maximum absolute atomic E-state index is 12.2. The Labute approximate surface area is 117 Å². The summed E-state index contributed by atoms with van der Waals surface area (Å²) in [6, 6.07) is -0.998. The predicted molar refractivity (Wildman–Crippen MR) is 71.5 cm³/mol. The monoisotopic (exact) mass is 281 g/mol. The van der Waals surface area contributed by atoms with Crippen molar-refractivity contribution in [3.8, 4) is 0 Å². The molecule has 1 unspecified atom stereocenters. The van der Waals surface area contributed by atoms with Crippen LogP contribution in [0.2, 0.25) is 0 Å². The number of carbonyl (C=O) groups is 2. The fourth-order valence-corrected chi connectivity index (χ4v) is 1.70. The van der Waals surface area contributed by atoms with Crippen molar-refractivity contribution in [2.45, 2.75) is 32.2 Å². The van der Waals surface area contributed by atoms with Crippen molar-refractivity contribution in [3.05, 3.63) is 23.8 Å². The van der Waals surface area contributed by atoms with Crippen LogP contribution in [0, 0.1) is 0 Å². The number of rotatable bonds is 7. The van der Waals surface area contributed by atoms with E-state index in [0.717, 1.165) is 0 Å². The Kier molecular flexibility index (Phi) is 6.05. The van der Waals surface area contributed by atoms with Gasteiger partial charge in [0.2, 0.25) is 0 Å². The minimum absolute atomic E-state index is 0.0426. The predicted octanol–water partition coefficient (Wildman–Crippen LogP) is 0.819. The van der Waals surface area contributed by atoms with Gasteiger partial charge in [-0.25, -0.2) is 14.8 Å². The number of carboxylic acids is 1. The molecule has 1 amide bonds. The molecule has 0 saturated heterocycles. The first-order valence-electron chi connectivity index (χ1n) is 6.29. The molecule has 7 nitrogen and oxygen atoms in total. The maximum atomic E-state index is 12.2. The fraction of sp³-hybridized carbons (Fsp3) is 0.538. The van der Waals surface area contributed by atoms with Gasteiger partial charge >= 0.3 is 5.97 Å². The van der Waals surface area contributed by atoms with Crippen LogP contribution in [0.4, 0.5) is 0 Å². The third-order valence-corrected chi connectivity index (χ3v) is 2.75. The van der Waals surface area contributed by atoms with Crippen LogP contribution in [0.25, 0.3) is 0 Å². The Bertz CT molecular complexity index is 476. The molecule has 0 aliphatic heterocycles. The lowest BCUT2D eigenvalue weighted by atomic mass is 10.0. The summed E-state index contributed by atoms with van der Waals surface area (Å²) >= 11 is 0. The Balaban J connectivity index is 2.86. The number of aliphatic carboxylic acids is 1. The number of carboxylic acid groups (broad SMARTS) is 1. The minimum atomic E-state index is -1.10. The molecule has 1 rings (SSSR count). The zero-order chi connectivity index (χ0) is 15.1. The van der Waals surface area contributed by atoms with Crippen molar-refractivity contribution in [2.75, 3.05) is 13.7 Å². The Hall–Kier alpha value is -2.02. The van der Waals surface area contributed by atoms with Crippen LogP contribution in [0.1, 0.15) is 42.2 Å². The number of nitrogens with one attached hydrogen (secondary N) is 1. The Morgan fingerprint density at radius 3 is 2.70 bits per heavy atom. The Morgan fingerprint density at radius 1 is 1.45 bits per heavy atom. The number of amides is 1. The van der Waals surface area contributed by atoms with Crippen molar-refractivity contribution >= 4 is 11.9 Å². The lowest BCUT2D eigenvalue weighted by Gasteiger charge is -2.16. The van der Waals surface area contributed by atoms with E-state index >= 15 is 0 Å². The van der Waals surface area contributed by atoms with Crippen molar-refractivity contribution in [1.29, 1.82) is 0 Å². The highest BCUT2D eigenvalue weighted by Crippen LogP contribution is 2.15. The van der Waals surface area contributed by atoms with E-state index in [2.05, 4.69) is 15.3 Å². The summed E-state index contributed by atoms with van der Waals surface area (Å²) in [7, 11) is 1.47. The van der Waals surface area contributed by atoms with E-state index in [4.69, 9.17) is 9.84 Å². The average molecular weight is 281 g/mol. The van der Waals surface area contributed by atoms with E-state index in [1.807, 2.05) is 13.8 Å². The number of nitrogens with zero attached hydrogens (tertiary/aromatic N) is 2. The van der Waals surface area contributed by atoms with Crippen LogP contribution in [-0.4, -0.2) is 46.7 Å². The maximum Gasteiger partial charge on any atom is 0.326 e. The second kappa shape index (κ2) is 7.54. The zero-order valence-electron chi connectivity index (χ0n) is 11.8. The van der Waals surface area contributed by atoms with Crippen LogP contribution in [0.3, 0.4) is 0 Å². The molecule has 0 fully saturated rings. The van der Waals surface area contributed by atoms with Crippen molar-refractivity contribution in [1.82, 2.24) is 15.3 Å². The van der Waals surface area contributed by atoms with Gasteiger partial charge in [0, 0.05) is 26.3 Å². The van der Waals surface area contributed by atoms with Gasteiger partial charge in [0.15, 0.2) is 0 Å². The van der Waals surface area contributed by atoms with E-state index in [1.165, 1.54) is 19.6 Å². The third kappa shape index (κ3) is 4.27. The molecule has 1 aromatic heterocycles. The molecule has 1 atom stereocenters. The summed E-state index contributed by atoms with van der Waals surface area (Å²) in [5.41, 5.74) is 0.888. The van der Waals surface area contributed by atoms with Gasteiger partial charge in [-0.15, -0.1) is 0 Å². The molecule has 0 spiro atoms. The first-order chi connectivity index (χ1) is 9.47. The normalized spacial score (nSPS) is 12.2. The van der Waals surface area contributed by atoms with Gasteiger partial charge in [0.25, 0.3) is 5.91 Å². The molecule has 1 aromatic rings. The molecule has 0 aromatic carbocycles. The summed E-state index contributed by atoms with van der Waals surface area (Å²) in [5.74, 6) is -1.54. The third-order valence-electron chi connectivity index (χ3n) is 2.75. The summed E-state index contributed by atoms with van der Waals surface area (Å²) in [4.78, 5) is 31.1. The molecule has 0 aliphatic carbocycles. The summed E-state index contributed by atoms with van der Waals surface area (Å²) in [6.45, 7) is 4.05. The number of methoxy groups -OCH3 is 1. The number of carbonyl (C=O) groups excluding carboxylic acids is 1. The van der Waals surface area contributed by atoms with Crippen molar-refractivity contribution in [3.63, 3.8) is 0 Å². The largest absolute Gasteiger partial charge is 0.480 e. The molecular weight excluding hydrogens is 262 g/mol. The minimum Gasteiger partial charge on any atom is -0.480 e. The first-order valence-corrected chi connectivity index (χ1v) is 6.29. The molecule has 0 radical (unpaired) electrons. The van der Waals surface area contributed by atoms with Gasteiger partial charge in [-0.3, -0.25) is 4.79 Å². The second-order valence-corrected chi connectivity index (χ2v) is 4.62. The van der Waals surface area contributed by atoms with E-state index in [1.54, 1.807) is 0 Å². The summed E-state index contributed by atoms with van der Waals surface area (Å²) in [5, 5.41) is 11.5. The molecule has 20 heavy (non-hydrogen) atoms. The number of aromatic nitrogens is 2. The average Bonchev–Trinajstić information content (AvgIpc) is 2.42. The van der Waals surface area contributed by atoms with E-state index in [-0.39, 0.29) is 18.9 Å². The highest BCUT2D eigenvalue weighted by atomic mass is 16.5. The fourth-order valence-electron chi connectivity index (χ4n) is 1.70. The lowest BCUT2D eigenvalue weighted by Crippen LogP contribution is -2.42. The van der Waals surface area contributed by atoms with E-state index in [0.29, 0.717) is 11.3 Å². The van der Waals surface area contributed by atoms with E-state index in [9.17, 15) is 9.59 Å². The second-order valence-electron chi connectivity index (χ2n) is 4.62. The molecule has 2 N–H and O–H groups in total. The van der Waals surface area contributed by atoms with Gasteiger partial charge in [0.05, 0.1) is 11.3 Å². The lowest BCUT2D eigenvalue weighted by molar-refractivity contribution is -0.139. The highest BCUT2D eigenvalue weighted by molar-refractivity contribution is 5.97. The smallest absolute Gasteiger partial charge is 0.326 e. The molecule has 1 heterocycles. The number of hydrogen-bond acceptors (Lipinski definition) is 5. The quantitative estimate of drug-likeness (QED) is 0.767. The van der Waals surface area contributed by atoms with Crippen LogP contribution < -0.4 is 5.32 Å². The van der Waals surface area contributed by atoms with Gasteiger partial charge in [-0.1, -0.05) is 13.8 Å². The SMILES string of the molecule is COCCC(NC(=O)c1cncnc1C(C)C)C(=O)O. The zero-order valence-corrected chi connectivity index (χ0v) is 11.8. The highest BCUT2D eigenvalue weighted by Gasteiger charge is 2.23. The van der Waals surface area contributed by atoms with Crippen LogP contribution >= 0.6 is 0 Å². The van der Waals surface area contributed by atoms with Crippen LogP contribution in [0.15, 0.2) is 12.5 Å². The molecule has 0 saturated carbocycles. The van der Waals surface area contributed by atoms with E-state index < -0.39 is 17.9 Å². The number of ether oxygens (including phenoxy) is 1. The number of hydrogen-bond donors (Lipinski definition) is 2. The summed E-state index contributed by atoms with van der Waals surface area (Å²) < 4.78 is 4.83. The van der Waals surface area contributed by atoms with Gasteiger partial charge in [-0.05, 0) is 5.92 Å². The molecule has 7 heteroatoms. The van der Waals surface area contributed by atoms with Crippen LogP contribution in [0.5, 0.6) is 0 Å². The van der Waals surface area contributed by atoms with Gasteiger partial charge < -0.3 is 15.2 Å². The summed E-state index contributed by atoms with van der Waals surface area (Å²) in [6.07, 6.45) is 2.96. The molecular formula is C13H19N3O4.